The average Bonchev–Trinajstić information content (AvgIpc) is 2.84. The molecule has 1 saturated carbocycles. The van der Waals surface area contributed by atoms with Gasteiger partial charge in [-0.3, -0.25) is 0 Å². The molecule has 0 aliphatic heterocycles. The zero-order valence-corrected chi connectivity index (χ0v) is 9.16. The van der Waals surface area contributed by atoms with Crippen LogP contribution >= 0.6 is 0 Å². The Labute approximate surface area is 81.9 Å². The van der Waals surface area contributed by atoms with Gasteiger partial charge in [0.15, 0.2) is 0 Å². The quantitative estimate of drug-likeness (QED) is 0.681. The minimum atomic E-state index is -0.0706. The minimum Gasteiger partial charge on any atom is -0.392 e. The maximum atomic E-state index is 9.76. The van der Waals surface area contributed by atoms with Crippen LogP contribution in [-0.2, 0) is 0 Å². The summed E-state index contributed by atoms with van der Waals surface area (Å²) >= 11 is 0. The van der Waals surface area contributed by atoms with Crippen molar-refractivity contribution in [3.63, 3.8) is 0 Å². The Morgan fingerprint density at radius 2 is 1.92 bits per heavy atom. The molecule has 0 amide bonds. The minimum absolute atomic E-state index is 0.0706. The summed E-state index contributed by atoms with van der Waals surface area (Å²) in [5.41, 5.74) is 0. The second kappa shape index (κ2) is 4.97. The molecule has 1 aliphatic carbocycles. The lowest BCUT2D eigenvalue weighted by molar-refractivity contribution is 0.0920. The lowest BCUT2D eigenvalue weighted by atomic mass is 10.1. The van der Waals surface area contributed by atoms with Crippen LogP contribution in [0.4, 0.5) is 0 Å². The van der Waals surface area contributed by atoms with E-state index in [0.29, 0.717) is 11.8 Å². The summed E-state index contributed by atoms with van der Waals surface area (Å²) in [5.74, 6) is 1.31. The molecular formula is C11H23NO. The number of aliphatic hydroxyl groups is 1. The third-order valence-corrected chi connectivity index (χ3v) is 2.68. The van der Waals surface area contributed by atoms with E-state index in [2.05, 4.69) is 25.7 Å². The van der Waals surface area contributed by atoms with Crippen LogP contribution in [0.15, 0.2) is 0 Å². The van der Waals surface area contributed by atoms with Gasteiger partial charge in [-0.2, -0.15) is 0 Å². The highest BCUT2D eigenvalue weighted by atomic mass is 16.3. The third kappa shape index (κ3) is 4.10. The van der Waals surface area contributed by atoms with E-state index in [1.165, 1.54) is 12.8 Å². The van der Waals surface area contributed by atoms with Crippen molar-refractivity contribution >= 4 is 0 Å². The van der Waals surface area contributed by atoms with E-state index in [1.807, 2.05) is 0 Å². The van der Waals surface area contributed by atoms with Crippen LogP contribution < -0.4 is 0 Å². The lowest BCUT2D eigenvalue weighted by Gasteiger charge is -2.25. The van der Waals surface area contributed by atoms with Crippen molar-refractivity contribution in [2.75, 3.05) is 19.6 Å². The third-order valence-electron chi connectivity index (χ3n) is 2.68. The summed E-state index contributed by atoms with van der Waals surface area (Å²) in [6.07, 6.45) is 2.40. The van der Waals surface area contributed by atoms with Gasteiger partial charge in [0.05, 0.1) is 6.10 Å². The Morgan fingerprint density at radius 3 is 2.31 bits per heavy atom. The number of nitrogens with zero attached hydrogens (tertiary/aromatic N) is 1. The van der Waals surface area contributed by atoms with Crippen LogP contribution in [0.3, 0.4) is 0 Å². The summed E-state index contributed by atoms with van der Waals surface area (Å²) in [6, 6.07) is 0. The maximum Gasteiger partial charge on any atom is 0.0695 e. The highest BCUT2D eigenvalue weighted by Crippen LogP contribution is 2.32. The van der Waals surface area contributed by atoms with Gasteiger partial charge in [-0.1, -0.05) is 20.8 Å². The first kappa shape index (κ1) is 11.0. The second-order valence-electron chi connectivity index (χ2n) is 4.65. The predicted octanol–water partition coefficient (Wildman–Crippen LogP) is 1.74. The Morgan fingerprint density at radius 1 is 1.31 bits per heavy atom. The Kier molecular flexibility index (Phi) is 4.20. The van der Waals surface area contributed by atoms with Gasteiger partial charge in [0.2, 0.25) is 0 Å². The maximum absolute atomic E-state index is 9.76. The van der Waals surface area contributed by atoms with Crippen LogP contribution in [0.5, 0.6) is 0 Å². The molecule has 1 atom stereocenters. The van der Waals surface area contributed by atoms with Crippen molar-refractivity contribution in [3.05, 3.63) is 0 Å². The molecule has 1 aliphatic rings. The van der Waals surface area contributed by atoms with Crippen LogP contribution in [-0.4, -0.2) is 35.7 Å². The largest absolute Gasteiger partial charge is 0.392 e. The standard InChI is InChI=1S/C11H23NO/c1-4-12(7-9(2)3)8-11(13)10-5-6-10/h9-11,13H,4-8H2,1-3H3. The van der Waals surface area contributed by atoms with Gasteiger partial charge < -0.3 is 10.0 Å². The summed E-state index contributed by atoms with van der Waals surface area (Å²) in [4.78, 5) is 2.35. The van der Waals surface area contributed by atoms with E-state index in [9.17, 15) is 5.11 Å². The zero-order valence-electron chi connectivity index (χ0n) is 9.16. The van der Waals surface area contributed by atoms with Crippen LogP contribution in [0.25, 0.3) is 0 Å². The molecule has 0 bridgehead atoms. The Balaban J connectivity index is 2.21. The highest BCUT2D eigenvalue weighted by Gasteiger charge is 2.30. The normalized spacial score (nSPS) is 19.8. The number of hydrogen-bond acceptors (Lipinski definition) is 2. The predicted molar refractivity (Wildman–Crippen MR) is 55.7 cm³/mol. The number of aliphatic hydroxyl groups excluding tert-OH is 1. The molecule has 0 spiro atoms. The van der Waals surface area contributed by atoms with Gasteiger partial charge >= 0.3 is 0 Å². The number of likely N-dealkylation sites (N-methyl/N-ethyl adjacent to an activating group) is 1. The van der Waals surface area contributed by atoms with Crippen molar-refractivity contribution in [2.24, 2.45) is 11.8 Å². The molecule has 0 saturated heterocycles. The SMILES string of the molecule is CCN(CC(C)C)CC(O)C1CC1. The molecule has 0 aromatic carbocycles. The van der Waals surface area contributed by atoms with E-state index in [0.717, 1.165) is 19.6 Å². The van der Waals surface area contributed by atoms with Gasteiger partial charge in [-0.25, -0.2) is 0 Å². The van der Waals surface area contributed by atoms with E-state index < -0.39 is 0 Å². The van der Waals surface area contributed by atoms with E-state index in [1.54, 1.807) is 0 Å². The van der Waals surface area contributed by atoms with Crippen LogP contribution in [0, 0.1) is 11.8 Å². The van der Waals surface area contributed by atoms with E-state index in [4.69, 9.17) is 0 Å². The molecule has 2 heteroatoms. The average molecular weight is 185 g/mol. The lowest BCUT2D eigenvalue weighted by Crippen LogP contribution is -2.35. The fourth-order valence-corrected chi connectivity index (χ4v) is 1.74. The van der Waals surface area contributed by atoms with Crippen molar-refractivity contribution in [2.45, 2.75) is 39.7 Å². The molecule has 0 aromatic heterocycles. The molecular weight excluding hydrogens is 162 g/mol. The fraction of sp³-hybridized carbons (Fsp3) is 1.00. The number of hydrogen-bond donors (Lipinski definition) is 1. The molecule has 0 aromatic rings. The first-order chi connectivity index (χ1) is 6.13. The topological polar surface area (TPSA) is 23.5 Å². The summed E-state index contributed by atoms with van der Waals surface area (Å²) in [7, 11) is 0. The first-order valence-corrected chi connectivity index (χ1v) is 5.54. The van der Waals surface area contributed by atoms with E-state index >= 15 is 0 Å². The summed E-state index contributed by atoms with van der Waals surface area (Å²) in [5, 5.41) is 9.76. The van der Waals surface area contributed by atoms with Gasteiger partial charge in [-0.15, -0.1) is 0 Å². The van der Waals surface area contributed by atoms with Gasteiger partial charge in [0.25, 0.3) is 0 Å². The Bertz CT molecular complexity index is 143. The van der Waals surface area contributed by atoms with Gasteiger partial charge in [-0.05, 0) is 31.2 Å². The van der Waals surface area contributed by atoms with Crippen molar-refractivity contribution in [1.82, 2.24) is 4.90 Å². The second-order valence-corrected chi connectivity index (χ2v) is 4.65. The highest BCUT2D eigenvalue weighted by molar-refractivity contribution is 4.82. The summed E-state index contributed by atoms with van der Waals surface area (Å²) in [6.45, 7) is 9.67. The zero-order chi connectivity index (χ0) is 9.84. The van der Waals surface area contributed by atoms with E-state index in [-0.39, 0.29) is 6.10 Å². The van der Waals surface area contributed by atoms with Crippen LogP contribution in [0.1, 0.15) is 33.6 Å². The van der Waals surface area contributed by atoms with Gasteiger partial charge in [0, 0.05) is 13.1 Å². The molecule has 0 radical (unpaired) electrons. The monoisotopic (exact) mass is 185 g/mol. The van der Waals surface area contributed by atoms with Crippen LogP contribution in [0.2, 0.25) is 0 Å². The molecule has 13 heavy (non-hydrogen) atoms. The van der Waals surface area contributed by atoms with Crippen molar-refractivity contribution in [3.8, 4) is 0 Å². The molecule has 78 valence electrons. The molecule has 1 fully saturated rings. The molecule has 1 unspecified atom stereocenters. The molecule has 2 nitrogen and oxygen atoms in total. The molecule has 0 heterocycles. The van der Waals surface area contributed by atoms with Gasteiger partial charge in [0.1, 0.15) is 0 Å². The molecule has 1 N–H and O–H groups in total. The van der Waals surface area contributed by atoms with Crippen molar-refractivity contribution in [1.29, 1.82) is 0 Å². The Hall–Kier alpha value is -0.0800. The first-order valence-electron chi connectivity index (χ1n) is 5.54. The number of rotatable bonds is 6. The van der Waals surface area contributed by atoms with Crippen molar-refractivity contribution < 1.29 is 5.11 Å². The fourth-order valence-electron chi connectivity index (χ4n) is 1.74. The molecule has 1 rings (SSSR count). The summed E-state index contributed by atoms with van der Waals surface area (Å²) < 4.78 is 0. The smallest absolute Gasteiger partial charge is 0.0695 e.